The van der Waals surface area contributed by atoms with Crippen molar-refractivity contribution in [2.75, 3.05) is 0 Å². The van der Waals surface area contributed by atoms with Crippen molar-refractivity contribution in [3.63, 3.8) is 0 Å². The smallest absolute Gasteiger partial charge is 0.0626 e. The molecule has 338 valence electrons. The molecule has 0 radical (unpaired) electrons. The van der Waals surface area contributed by atoms with Crippen molar-refractivity contribution in [1.29, 1.82) is 0 Å². The average Bonchev–Trinajstić information content (AvgIpc) is 3.75. The number of hydrogen-bond donors (Lipinski definition) is 0. The summed E-state index contributed by atoms with van der Waals surface area (Å²) in [5, 5.41) is 21.9. The fourth-order valence-corrected chi connectivity index (χ4v) is 13.0. The quantitative estimate of drug-likeness (QED) is 0.122. The monoisotopic (exact) mass is 907 g/mol. The Labute approximate surface area is 414 Å². The molecular weight excluding hydrogens is 855 g/mol. The van der Waals surface area contributed by atoms with Gasteiger partial charge in [-0.3, -0.25) is 0 Å². The Morgan fingerprint density at radius 2 is 0.803 bits per heavy atom. The molecule has 0 aliphatic heterocycles. The predicted molar refractivity (Wildman–Crippen MR) is 308 cm³/mol. The fourth-order valence-electron chi connectivity index (χ4n) is 13.0. The highest BCUT2D eigenvalue weighted by molar-refractivity contribution is 6.37. The van der Waals surface area contributed by atoms with E-state index in [1.54, 1.807) is 0 Å². The topological polar surface area (TPSA) is 4.93 Å². The van der Waals surface area contributed by atoms with Crippen LogP contribution < -0.4 is 0 Å². The van der Waals surface area contributed by atoms with Crippen LogP contribution in [0.15, 0.2) is 212 Å². The van der Waals surface area contributed by atoms with Gasteiger partial charge in [0.15, 0.2) is 0 Å². The van der Waals surface area contributed by atoms with E-state index in [4.69, 9.17) is 0 Å². The van der Waals surface area contributed by atoms with Crippen LogP contribution in [0.4, 0.5) is 0 Å². The summed E-state index contributed by atoms with van der Waals surface area (Å²) in [5.74, 6) is 0. The van der Waals surface area contributed by atoms with Crippen molar-refractivity contribution in [2.45, 2.75) is 52.4 Å². The van der Waals surface area contributed by atoms with E-state index in [-0.39, 0.29) is 10.8 Å². The second-order valence-electron chi connectivity index (χ2n) is 21.9. The van der Waals surface area contributed by atoms with Gasteiger partial charge >= 0.3 is 0 Å². The molecule has 0 fully saturated rings. The number of aromatic nitrogens is 1. The molecule has 0 N–H and O–H groups in total. The third-order valence-corrected chi connectivity index (χ3v) is 15.6. The van der Waals surface area contributed by atoms with Crippen molar-refractivity contribution in [3.8, 4) is 39.2 Å². The molecule has 14 rings (SSSR count). The highest BCUT2D eigenvalue weighted by Crippen LogP contribution is 2.53. The van der Waals surface area contributed by atoms with Gasteiger partial charge in [0.1, 0.15) is 0 Å². The van der Waals surface area contributed by atoms with Gasteiger partial charge < -0.3 is 4.57 Å². The van der Waals surface area contributed by atoms with Crippen LogP contribution in [-0.2, 0) is 10.8 Å². The van der Waals surface area contributed by atoms with Gasteiger partial charge in [0, 0.05) is 27.4 Å². The Kier molecular flexibility index (Phi) is 8.88. The Morgan fingerprint density at radius 3 is 1.46 bits per heavy atom. The third kappa shape index (κ3) is 6.06. The minimum atomic E-state index is -0.128. The van der Waals surface area contributed by atoms with Crippen LogP contribution in [0.5, 0.6) is 0 Å². The zero-order valence-electron chi connectivity index (χ0n) is 41.2. The molecule has 0 aliphatic carbocycles. The zero-order chi connectivity index (χ0) is 47.9. The molecule has 1 aromatic heterocycles. The third-order valence-electron chi connectivity index (χ3n) is 15.6. The standard InChI is InChI=1S/C70H53N/c1-69(2,3)65-53-29-16-17-30-54(53)66(70(4,5)6)59-40-47(36-39-55(59)65)71-67(46-22-11-8-12-23-46)62(42-20-9-7-10-21-42)64-63-51-28-15-13-26-48(51)57(41-58(63)49-27-14-18-31-56(49)68(64)71)50-37-34-45-33-32-43-24-19-25-44-35-38-52(50)61(45)60(43)44/h7-41H,1-6H3. The predicted octanol–water partition coefficient (Wildman–Crippen LogP) is 19.9. The second kappa shape index (κ2) is 15.1. The summed E-state index contributed by atoms with van der Waals surface area (Å²) in [5.41, 5.74) is 12.3. The molecular formula is C70H53N. The van der Waals surface area contributed by atoms with Crippen LogP contribution in [0, 0.1) is 0 Å². The Bertz CT molecular complexity index is 4480. The highest BCUT2D eigenvalue weighted by Gasteiger charge is 2.31. The van der Waals surface area contributed by atoms with E-state index in [1.807, 2.05) is 0 Å². The molecule has 1 heterocycles. The van der Waals surface area contributed by atoms with Gasteiger partial charge in [-0.25, -0.2) is 0 Å². The number of fused-ring (bicyclic) bond motifs is 10. The van der Waals surface area contributed by atoms with E-state index in [9.17, 15) is 0 Å². The first-order chi connectivity index (χ1) is 34.5. The van der Waals surface area contributed by atoms with Gasteiger partial charge in [-0.05, 0) is 138 Å². The summed E-state index contributed by atoms with van der Waals surface area (Å²) in [6.07, 6.45) is 0. The fraction of sp³-hybridized carbons (Fsp3) is 0.114. The second-order valence-corrected chi connectivity index (χ2v) is 21.9. The van der Waals surface area contributed by atoms with E-state index in [1.165, 1.54) is 142 Å². The SMILES string of the molecule is CC(C)(C)c1c2ccccc2c(C(C)(C)C)c2cc(-n3c(-c4ccccc4)c(-c4ccccc4)c4c5c6ccccc6c(-c6ccc7ccc8cccc9ccc6c7c89)cc5c5ccccc5c43)ccc12. The Morgan fingerprint density at radius 1 is 0.296 bits per heavy atom. The number of rotatable bonds is 4. The van der Waals surface area contributed by atoms with Crippen LogP contribution in [0.1, 0.15) is 52.7 Å². The van der Waals surface area contributed by atoms with Gasteiger partial charge in [0.2, 0.25) is 0 Å². The molecule has 0 spiro atoms. The van der Waals surface area contributed by atoms with Crippen LogP contribution in [0.25, 0.3) is 136 Å². The Balaban J connectivity index is 1.19. The summed E-state index contributed by atoms with van der Waals surface area (Å²) in [4.78, 5) is 0. The summed E-state index contributed by atoms with van der Waals surface area (Å²) in [7, 11) is 0. The number of benzene rings is 13. The number of hydrogen-bond acceptors (Lipinski definition) is 0. The van der Waals surface area contributed by atoms with Crippen molar-refractivity contribution in [3.05, 3.63) is 223 Å². The summed E-state index contributed by atoms with van der Waals surface area (Å²) in [6, 6.07) is 80.4. The summed E-state index contributed by atoms with van der Waals surface area (Å²) >= 11 is 0. The summed E-state index contributed by atoms with van der Waals surface area (Å²) < 4.78 is 2.64. The minimum Gasteiger partial charge on any atom is -0.308 e. The van der Waals surface area contributed by atoms with E-state index in [0.717, 1.165) is 5.69 Å². The van der Waals surface area contributed by atoms with E-state index < -0.39 is 0 Å². The lowest BCUT2D eigenvalue weighted by atomic mass is 9.74. The molecule has 14 aromatic rings. The maximum atomic E-state index is 2.64. The first-order valence-corrected chi connectivity index (χ1v) is 25.3. The van der Waals surface area contributed by atoms with Gasteiger partial charge in [-0.2, -0.15) is 0 Å². The Hall–Kier alpha value is -8.26. The average molecular weight is 908 g/mol. The van der Waals surface area contributed by atoms with Gasteiger partial charge in [0.25, 0.3) is 0 Å². The minimum absolute atomic E-state index is 0.0851. The zero-order valence-corrected chi connectivity index (χ0v) is 41.2. The largest absolute Gasteiger partial charge is 0.308 e. The molecule has 0 saturated carbocycles. The molecule has 0 bridgehead atoms. The first-order valence-electron chi connectivity index (χ1n) is 25.3. The maximum Gasteiger partial charge on any atom is 0.0626 e. The van der Waals surface area contributed by atoms with Gasteiger partial charge in [-0.15, -0.1) is 0 Å². The van der Waals surface area contributed by atoms with Crippen molar-refractivity contribution >= 4 is 97.1 Å². The van der Waals surface area contributed by atoms with Crippen LogP contribution in [0.2, 0.25) is 0 Å². The molecule has 0 atom stereocenters. The molecule has 0 saturated heterocycles. The van der Waals surface area contributed by atoms with Gasteiger partial charge in [-0.1, -0.05) is 236 Å². The molecule has 0 unspecified atom stereocenters. The molecule has 1 nitrogen and oxygen atoms in total. The van der Waals surface area contributed by atoms with E-state index >= 15 is 0 Å². The molecule has 0 aliphatic rings. The van der Waals surface area contributed by atoms with Crippen LogP contribution >= 0.6 is 0 Å². The lowest BCUT2D eigenvalue weighted by Crippen LogP contribution is -2.17. The lowest BCUT2D eigenvalue weighted by Gasteiger charge is -2.30. The first kappa shape index (κ1) is 41.7. The maximum absolute atomic E-state index is 2.64. The van der Waals surface area contributed by atoms with Gasteiger partial charge in [0.05, 0.1) is 11.2 Å². The van der Waals surface area contributed by atoms with Crippen molar-refractivity contribution in [2.24, 2.45) is 0 Å². The highest BCUT2D eigenvalue weighted by atomic mass is 15.0. The van der Waals surface area contributed by atoms with Crippen molar-refractivity contribution in [1.82, 2.24) is 4.57 Å². The molecule has 13 aromatic carbocycles. The normalized spacial score (nSPS) is 12.6. The molecule has 0 amide bonds. The summed E-state index contributed by atoms with van der Waals surface area (Å²) in [6.45, 7) is 14.3. The molecule has 71 heavy (non-hydrogen) atoms. The van der Waals surface area contributed by atoms with E-state index in [2.05, 4.69) is 258 Å². The van der Waals surface area contributed by atoms with Crippen molar-refractivity contribution < 1.29 is 0 Å². The lowest BCUT2D eigenvalue weighted by molar-refractivity contribution is 0.593. The van der Waals surface area contributed by atoms with Crippen LogP contribution in [-0.4, -0.2) is 4.57 Å². The molecule has 1 heteroatoms. The van der Waals surface area contributed by atoms with Crippen LogP contribution in [0.3, 0.4) is 0 Å². The van der Waals surface area contributed by atoms with E-state index in [0.29, 0.717) is 0 Å². The number of nitrogens with zero attached hydrogens (tertiary/aromatic N) is 1.